The molecule has 3 aromatic carbocycles. The van der Waals surface area contributed by atoms with E-state index in [1.54, 1.807) is 0 Å². The van der Waals surface area contributed by atoms with Crippen molar-refractivity contribution in [3.05, 3.63) is 117 Å². The minimum absolute atomic E-state index is 0.0947. The number of rotatable bonds is 0. The third-order valence-electron chi connectivity index (χ3n) is 8.44. The molecule has 0 radical (unpaired) electrons. The summed E-state index contributed by atoms with van der Waals surface area (Å²) in [5.41, 5.74) is 2.98. The van der Waals surface area contributed by atoms with Crippen molar-refractivity contribution < 1.29 is 0 Å². The van der Waals surface area contributed by atoms with Crippen molar-refractivity contribution in [2.75, 3.05) is 10.6 Å². The summed E-state index contributed by atoms with van der Waals surface area (Å²) in [5, 5.41) is 12.0. The lowest BCUT2D eigenvalue weighted by Gasteiger charge is -2.22. The summed E-state index contributed by atoms with van der Waals surface area (Å²) in [6.07, 6.45) is 8.53. The Labute approximate surface area is 241 Å². The number of halogens is 1. The summed E-state index contributed by atoms with van der Waals surface area (Å²) in [4.78, 5) is 23.1. The zero-order valence-electron chi connectivity index (χ0n) is 22.0. The molecular formula is C33H26IN7. The molecule has 8 bridgehead atoms. The van der Waals surface area contributed by atoms with Gasteiger partial charge in [0.25, 0.3) is 0 Å². The Morgan fingerprint density at radius 3 is 2.27 bits per heavy atom. The van der Waals surface area contributed by atoms with Gasteiger partial charge in [0.15, 0.2) is 5.84 Å². The van der Waals surface area contributed by atoms with Gasteiger partial charge in [-0.25, -0.2) is 9.98 Å². The van der Waals surface area contributed by atoms with Gasteiger partial charge in [-0.05, 0) is 0 Å². The number of aromatic nitrogens is 2. The maximum Gasteiger partial charge on any atom is 0.159 e. The van der Waals surface area contributed by atoms with Crippen molar-refractivity contribution in [1.29, 1.82) is 0 Å². The van der Waals surface area contributed by atoms with E-state index in [0.29, 0.717) is 0 Å². The second-order valence-electron chi connectivity index (χ2n) is 10.7. The van der Waals surface area contributed by atoms with E-state index < -0.39 is 18.9 Å². The molecule has 0 amide bonds. The number of nitrogens with one attached hydrogen (secondary N) is 4. The van der Waals surface area contributed by atoms with Gasteiger partial charge in [-0.15, -0.1) is 0 Å². The Balaban J connectivity index is 1.36. The van der Waals surface area contributed by atoms with Crippen LogP contribution in [0.15, 0.2) is 112 Å². The van der Waals surface area contributed by atoms with Crippen LogP contribution in [0.2, 0.25) is 0 Å². The molecule has 3 unspecified atom stereocenters. The van der Waals surface area contributed by atoms with E-state index in [2.05, 4.69) is 118 Å². The topological polar surface area (TPSA) is 92.7 Å². The molecule has 4 atom stereocenters. The molecule has 1 aliphatic carbocycles. The van der Waals surface area contributed by atoms with Gasteiger partial charge in [-0.2, -0.15) is 0 Å². The van der Waals surface area contributed by atoms with Gasteiger partial charge >= 0.3 is 0 Å². The number of aromatic amines is 2. The molecule has 41 heavy (non-hydrogen) atoms. The number of fused-ring (bicyclic) bond motifs is 18. The number of amidine groups is 1. The van der Waals surface area contributed by atoms with Gasteiger partial charge < -0.3 is 20.6 Å². The van der Waals surface area contributed by atoms with E-state index in [-0.39, 0.29) is 24.2 Å². The van der Waals surface area contributed by atoms with Crippen molar-refractivity contribution in [3.63, 3.8) is 0 Å². The molecule has 4 aliphatic rings. The smallest absolute Gasteiger partial charge is 0.159 e. The number of anilines is 2. The maximum atomic E-state index is 5.39. The van der Waals surface area contributed by atoms with Crippen LogP contribution in [0.1, 0.15) is 17.3 Å². The van der Waals surface area contributed by atoms with E-state index in [1.165, 1.54) is 12.4 Å². The monoisotopic (exact) mass is 647 g/mol. The first kappa shape index (κ1) is 23.3. The van der Waals surface area contributed by atoms with E-state index in [1.807, 2.05) is 0 Å². The number of aliphatic imine (C=N–C) groups is 2. The molecule has 8 heteroatoms. The van der Waals surface area contributed by atoms with Crippen LogP contribution >= 0.6 is 18.9 Å². The average molecular weight is 648 g/mol. The summed E-state index contributed by atoms with van der Waals surface area (Å²) in [7, 11) is 0. The molecule has 0 spiro atoms. The first-order valence-corrected chi connectivity index (χ1v) is 17.5. The molecule has 5 heterocycles. The zero-order valence-corrected chi connectivity index (χ0v) is 24.1. The molecule has 4 N–H and O–H groups in total. The largest absolute Gasteiger partial charge is 0.349 e. The van der Waals surface area contributed by atoms with Crippen LogP contribution in [0.4, 0.5) is 11.6 Å². The number of hydrogen-bond donors (Lipinski definition) is 4. The minimum atomic E-state index is -2.16. The Hall–Kier alpha value is -4.44. The van der Waals surface area contributed by atoms with Crippen LogP contribution in [-0.2, 0) is 0 Å². The van der Waals surface area contributed by atoms with E-state index in [9.17, 15) is 0 Å². The summed E-state index contributed by atoms with van der Waals surface area (Å²) in [6, 6.07) is 25.3. The highest BCUT2D eigenvalue weighted by Gasteiger charge is 2.37. The Kier molecular flexibility index (Phi) is 4.98. The number of benzene rings is 3. The van der Waals surface area contributed by atoms with Gasteiger partial charge in [0.1, 0.15) is 29.5 Å². The maximum absolute atomic E-state index is 5.39. The molecule has 7 nitrogen and oxygen atoms in total. The summed E-state index contributed by atoms with van der Waals surface area (Å²) in [5.74, 6) is 3.06. The summed E-state index contributed by atoms with van der Waals surface area (Å²) >= 11 is -2.16. The number of hydrogen-bond acceptors (Lipinski definition) is 5. The van der Waals surface area contributed by atoms with Crippen LogP contribution in [0.25, 0.3) is 21.5 Å². The van der Waals surface area contributed by atoms with Crippen molar-refractivity contribution >= 4 is 66.1 Å². The van der Waals surface area contributed by atoms with Crippen molar-refractivity contribution in [2.24, 2.45) is 26.8 Å². The average Bonchev–Trinajstić information content (AvgIpc) is 3.76. The highest BCUT2D eigenvalue weighted by molar-refractivity contribution is 14.2. The lowest BCUT2D eigenvalue weighted by Crippen LogP contribution is -2.27. The number of allylic oxidation sites excluding steroid dienone is 3. The fourth-order valence-electron chi connectivity index (χ4n) is 6.49. The van der Waals surface area contributed by atoms with Crippen molar-refractivity contribution in [1.82, 2.24) is 9.97 Å². The second-order valence-corrected chi connectivity index (χ2v) is 15.0. The molecule has 9 rings (SSSR count). The van der Waals surface area contributed by atoms with Crippen molar-refractivity contribution in [3.8, 4) is 0 Å². The van der Waals surface area contributed by atoms with Crippen LogP contribution in [0.3, 0.4) is 0 Å². The summed E-state index contributed by atoms with van der Waals surface area (Å²) < 4.78 is 7.24. The quantitative estimate of drug-likeness (QED) is 0.144. The van der Waals surface area contributed by atoms with Gasteiger partial charge in [-0.1, -0.05) is 120 Å². The molecule has 3 aliphatic heterocycles. The Morgan fingerprint density at radius 1 is 0.707 bits per heavy atom. The van der Waals surface area contributed by atoms with E-state index in [0.717, 1.165) is 50.2 Å². The number of H-pyrrole nitrogens is 2. The van der Waals surface area contributed by atoms with Crippen LogP contribution in [0.5, 0.6) is 0 Å². The lowest BCUT2D eigenvalue weighted by molar-refractivity contribution is 0.539. The molecule has 0 fully saturated rings. The van der Waals surface area contributed by atoms with Gasteiger partial charge in [0.2, 0.25) is 0 Å². The third kappa shape index (κ3) is 3.46. The molecule has 2 aromatic heterocycles. The highest BCUT2D eigenvalue weighted by Crippen LogP contribution is 2.42. The van der Waals surface area contributed by atoms with Crippen LogP contribution in [0, 0.1) is 15.1 Å². The fourth-order valence-corrected chi connectivity index (χ4v) is 10.9. The number of nitrogens with zero attached hydrogens (tertiary/aromatic N) is 3. The van der Waals surface area contributed by atoms with Gasteiger partial charge in [0.05, 0.1) is 7.00 Å². The van der Waals surface area contributed by atoms with Gasteiger partial charge in [-0.3, -0.25) is 4.99 Å². The molecule has 0 saturated carbocycles. The second kappa shape index (κ2) is 8.78. The predicted octanol–water partition coefficient (Wildman–Crippen LogP) is 6.55. The molecular weight excluding hydrogens is 621 g/mol. The molecule has 5 aromatic rings. The first-order valence-electron chi connectivity index (χ1n) is 13.8. The van der Waals surface area contributed by atoms with Gasteiger partial charge in [0, 0.05) is 44.5 Å². The van der Waals surface area contributed by atoms with E-state index in [4.69, 9.17) is 19.5 Å². The fraction of sp³-hybridized carbons (Fsp3) is 0.121. The molecule has 0 saturated heterocycles. The standard InChI is InChI=1S/C33H26IN7/c1-34-26-18-10-2-4-12-20(18)28(35-26)37-30-22-14-6-8-16-24(22)32(39-30)41-33-25-17-9-7-15-23(25)31(40-33)38-29-21-13-5-3-11-19(21)27(34)36-29/h2-18,20,28,33,37,39,41H,1H2,(H,36,38,40)/t18?,20?,28-,33?/m1/s1. The highest BCUT2D eigenvalue weighted by atomic mass is 127. The van der Waals surface area contributed by atoms with Crippen molar-refractivity contribution in [2.45, 2.75) is 12.3 Å². The zero-order chi connectivity index (χ0) is 27.1. The first-order chi connectivity index (χ1) is 20.2. The van der Waals surface area contributed by atoms with E-state index >= 15 is 0 Å². The van der Waals surface area contributed by atoms with Crippen LogP contribution < -0.4 is 16.1 Å². The predicted molar refractivity (Wildman–Crippen MR) is 177 cm³/mol. The lowest BCUT2D eigenvalue weighted by atomic mass is 9.89. The SMILES string of the molecule is C=I1=c2[nH]c(c3ccccc23)=NC2=NC(Nc3[nH]c(c4ccccc34)N[C@H]3N=C1C1C=CC=CC13)c1ccccc12. The third-order valence-corrected chi connectivity index (χ3v) is 12.9. The molecule has 200 valence electrons. The normalized spacial score (nSPS) is 24.3. The minimum Gasteiger partial charge on any atom is -0.349 e. The van der Waals surface area contributed by atoms with Crippen LogP contribution in [-0.4, -0.2) is 30.2 Å². The summed E-state index contributed by atoms with van der Waals surface area (Å²) in [6.45, 7) is 0. The Morgan fingerprint density at radius 2 is 1.41 bits per heavy atom. The Bertz CT molecular complexity index is 2220.